The summed E-state index contributed by atoms with van der Waals surface area (Å²) in [6.45, 7) is 2.11. The SMILES string of the molecule is CCCC(Nc1ncc(-c2nnc(C(F)F)o2)cn1)c1ccccc1. The first-order chi connectivity index (χ1) is 12.2. The van der Waals surface area contributed by atoms with Crippen LogP contribution in [0.2, 0.25) is 0 Å². The zero-order chi connectivity index (χ0) is 17.6. The first-order valence-electron chi connectivity index (χ1n) is 7.92. The lowest BCUT2D eigenvalue weighted by Gasteiger charge is -2.18. The summed E-state index contributed by atoms with van der Waals surface area (Å²) >= 11 is 0. The van der Waals surface area contributed by atoms with Crippen LogP contribution in [0.1, 0.15) is 43.7 Å². The van der Waals surface area contributed by atoms with Crippen molar-refractivity contribution in [2.24, 2.45) is 0 Å². The van der Waals surface area contributed by atoms with Gasteiger partial charge in [0.15, 0.2) is 0 Å². The molecular formula is C17H17F2N5O. The van der Waals surface area contributed by atoms with Gasteiger partial charge in [0.2, 0.25) is 5.95 Å². The highest BCUT2D eigenvalue weighted by Crippen LogP contribution is 2.24. The van der Waals surface area contributed by atoms with Crippen LogP contribution >= 0.6 is 0 Å². The molecule has 25 heavy (non-hydrogen) atoms. The zero-order valence-corrected chi connectivity index (χ0v) is 13.6. The van der Waals surface area contributed by atoms with Gasteiger partial charge in [-0.3, -0.25) is 0 Å². The number of nitrogens with one attached hydrogen (secondary N) is 1. The number of hydrogen-bond acceptors (Lipinski definition) is 6. The van der Waals surface area contributed by atoms with Gasteiger partial charge in [0.25, 0.3) is 11.8 Å². The Bertz CT molecular complexity index is 792. The van der Waals surface area contributed by atoms with Crippen LogP contribution in [0.5, 0.6) is 0 Å². The number of halogens is 2. The predicted molar refractivity (Wildman–Crippen MR) is 88.0 cm³/mol. The summed E-state index contributed by atoms with van der Waals surface area (Å²) in [5, 5.41) is 10.2. The second-order valence-electron chi connectivity index (χ2n) is 5.44. The van der Waals surface area contributed by atoms with Gasteiger partial charge < -0.3 is 9.73 Å². The fourth-order valence-electron chi connectivity index (χ4n) is 2.40. The van der Waals surface area contributed by atoms with E-state index in [1.54, 1.807) is 0 Å². The van der Waals surface area contributed by atoms with Gasteiger partial charge in [-0.2, -0.15) is 8.78 Å². The molecule has 0 aliphatic rings. The largest absolute Gasteiger partial charge is 0.415 e. The average molecular weight is 345 g/mol. The summed E-state index contributed by atoms with van der Waals surface area (Å²) in [5.74, 6) is -0.307. The monoisotopic (exact) mass is 345 g/mol. The fourth-order valence-corrected chi connectivity index (χ4v) is 2.40. The van der Waals surface area contributed by atoms with Gasteiger partial charge in [-0.1, -0.05) is 43.7 Å². The third kappa shape index (κ3) is 4.14. The molecule has 0 saturated heterocycles. The maximum Gasteiger partial charge on any atom is 0.314 e. The van der Waals surface area contributed by atoms with Crippen molar-refractivity contribution in [3.8, 4) is 11.5 Å². The van der Waals surface area contributed by atoms with Crippen molar-refractivity contribution in [1.82, 2.24) is 20.2 Å². The minimum absolute atomic E-state index is 0.0324. The van der Waals surface area contributed by atoms with Gasteiger partial charge in [-0.25, -0.2) is 9.97 Å². The number of rotatable bonds is 7. The van der Waals surface area contributed by atoms with Crippen LogP contribution in [-0.4, -0.2) is 20.2 Å². The van der Waals surface area contributed by atoms with E-state index in [9.17, 15) is 8.78 Å². The highest BCUT2D eigenvalue weighted by molar-refractivity contribution is 5.50. The summed E-state index contributed by atoms with van der Waals surface area (Å²) in [5.41, 5.74) is 1.53. The molecule has 2 heterocycles. The summed E-state index contributed by atoms with van der Waals surface area (Å²) in [4.78, 5) is 8.44. The number of hydrogen-bond donors (Lipinski definition) is 1. The Labute approximate surface area is 143 Å². The lowest BCUT2D eigenvalue weighted by molar-refractivity contribution is 0.116. The molecule has 130 valence electrons. The highest BCUT2D eigenvalue weighted by atomic mass is 19.3. The highest BCUT2D eigenvalue weighted by Gasteiger charge is 2.18. The molecule has 3 aromatic rings. The Morgan fingerprint density at radius 2 is 1.80 bits per heavy atom. The molecule has 2 aromatic heterocycles. The van der Waals surface area contributed by atoms with E-state index < -0.39 is 12.3 Å². The molecule has 6 nitrogen and oxygen atoms in total. The minimum atomic E-state index is -2.80. The van der Waals surface area contributed by atoms with Crippen molar-refractivity contribution in [3.05, 3.63) is 54.2 Å². The second kappa shape index (κ2) is 7.78. The quantitative estimate of drug-likeness (QED) is 0.683. The normalized spacial score (nSPS) is 12.3. The predicted octanol–water partition coefficient (Wildman–Crippen LogP) is 4.42. The summed E-state index contributed by atoms with van der Waals surface area (Å²) in [7, 11) is 0. The molecule has 1 N–H and O–H groups in total. The van der Waals surface area contributed by atoms with Gasteiger partial charge in [-0.15, -0.1) is 10.2 Å². The second-order valence-corrected chi connectivity index (χ2v) is 5.44. The first kappa shape index (κ1) is 16.9. The fraction of sp³-hybridized carbons (Fsp3) is 0.294. The first-order valence-corrected chi connectivity index (χ1v) is 7.92. The van der Waals surface area contributed by atoms with Crippen molar-refractivity contribution in [1.29, 1.82) is 0 Å². The van der Waals surface area contributed by atoms with E-state index in [1.807, 2.05) is 30.3 Å². The van der Waals surface area contributed by atoms with Gasteiger partial charge in [0.1, 0.15) is 0 Å². The standard InChI is InChI=1S/C17H17F2N5O/c1-2-6-13(11-7-4-3-5-8-11)22-17-20-9-12(10-21-17)15-23-24-16(25-15)14(18)19/h3-5,7-10,13-14H,2,6H2,1H3,(H,20,21,22). The van der Waals surface area contributed by atoms with Crippen LogP contribution in [0, 0.1) is 0 Å². The molecule has 0 bridgehead atoms. The van der Waals surface area contributed by atoms with E-state index in [0.29, 0.717) is 11.5 Å². The van der Waals surface area contributed by atoms with E-state index in [-0.39, 0.29) is 11.9 Å². The van der Waals surface area contributed by atoms with E-state index in [2.05, 4.69) is 32.4 Å². The molecule has 0 aliphatic carbocycles. The maximum absolute atomic E-state index is 12.5. The van der Waals surface area contributed by atoms with Crippen molar-refractivity contribution in [3.63, 3.8) is 0 Å². The molecule has 0 saturated carbocycles. The lowest BCUT2D eigenvalue weighted by atomic mass is 10.0. The maximum atomic E-state index is 12.5. The number of alkyl halides is 2. The van der Waals surface area contributed by atoms with Crippen molar-refractivity contribution in [2.45, 2.75) is 32.2 Å². The Balaban J connectivity index is 1.74. The van der Waals surface area contributed by atoms with Crippen LogP contribution in [0.3, 0.4) is 0 Å². The number of benzene rings is 1. The molecule has 1 aromatic carbocycles. The van der Waals surface area contributed by atoms with Gasteiger partial charge in [0, 0.05) is 12.4 Å². The van der Waals surface area contributed by atoms with Crippen LogP contribution in [0.15, 0.2) is 47.1 Å². The Hall–Kier alpha value is -2.90. The smallest absolute Gasteiger partial charge is 0.314 e. The molecule has 1 atom stereocenters. The summed E-state index contributed by atoms with van der Waals surface area (Å²) in [6, 6.07) is 10.1. The molecule has 0 aliphatic heterocycles. The number of nitrogens with zero attached hydrogens (tertiary/aromatic N) is 4. The molecule has 8 heteroatoms. The van der Waals surface area contributed by atoms with Gasteiger partial charge in [-0.05, 0) is 12.0 Å². The Morgan fingerprint density at radius 1 is 1.08 bits per heavy atom. The molecule has 0 amide bonds. The van der Waals surface area contributed by atoms with Crippen LogP contribution in [0.25, 0.3) is 11.5 Å². The van der Waals surface area contributed by atoms with Crippen molar-refractivity contribution < 1.29 is 13.2 Å². The lowest BCUT2D eigenvalue weighted by Crippen LogP contribution is -2.12. The molecule has 0 fully saturated rings. The molecular weight excluding hydrogens is 328 g/mol. The molecule has 3 rings (SSSR count). The van der Waals surface area contributed by atoms with E-state index >= 15 is 0 Å². The van der Waals surface area contributed by atoms with Gasteiger partial charge in [0.05, 0.1) is 11.6 Å². The van der Waals surface area contributed by atoms with Crippen LogP contribution in [-0.2, 0) is 0 Å². The van der Waals surface area contributed by atoms with Crippen LogP contribution < -0.4 is 5.32 Å². The molecule has 0 spiro atoms. The van der Waals surface area contributed by atoms with Crippen molar-refractivity contribution in [2.75, 3.05) is 5.32 Å². The van der Waals surface area contributed by atoms with E-state index in [4.69, 9.17) is 4.42 Å². The van der Waals surface area contributed by atoms with Gasteiger partial charge >= 0.3 is 6.43 Å². The third-order valence-corrected chi connectivity index (χ3v) is 3.61. The molecule has 1 unspecified atom stereocenters. The number of aromatic nitrogens is 4. The average Bonchev–Trinajstić information content (AvgIpc) is 3.13. The summed E-state index contributed by atoms with van der Waals surface area (Å²) in [6.07, 6.45) is 2.06. The third-order valence-electron chi connectivity index (χ3n) is 3.61. The van der Waals surface area contributed by atoms with E-state index in [0.717, 1.165) is 18.4 Å². The van der Waals surface area contributed by atoms with Crippen LogP contribution in [0.4, 0.5) is 14.7 Å². The van der Waals surface area contributed by atoms with Crippen molar-refractivity contribution >= 4 is 5.95 Å². The molecule has 0 radical (unpaired) electrons. The minimum Gasteiger partial charge on any atom is -0.415 e. The van der Waals surface area contributed by atoms with E-state index in [1.165, 1.54) is 12.4 Å². The number of anilines is 1. The Morgan fingerprint density at radius 3 is 2.40 bits per heavy atom. The zero-order valence-electron chi connectivity index (χ0n) is 13.6. The topological polar surface area (TPSA) is 76.7 Å². The summed E-state index contributed by atoms with van der Waals surface area (Å²) < 4.78 is 29.9. The Kier molecular flexibility index (Phi) is 5.27.